The van der Waals surface area contributed by atoms with Crippen molar-refractivity contribution in [2.24, 2.45) is 14.1 Å². The minimum absolute atomic E-state index is 0.0669. The summed E-state index contributed by atoms with van der Waals surface area (Å²) in [6, 6.07) is 11.4. The molecule has 1 aliphatic heterocycles. The number of nitrogens with zero attached hydrogens (tertiary/aromatic N) is 3. The van der Waals surface area contributed by atoms with Crippen LogP contribution in [0.4, 0.5) is 10.1 Å². The summed E-state index contributed by atoms with van der Waals surface area (Å²) in [5.74, 6) is -0.938. The average Bonchev–Trinajstić information content (AvgIpc) is 3.46. The molecule has 240 valence electrons. The van der Waals surface area contributed by atoms with Crippen LogP contribution >= 0.6 is 11.6 Å². The van der Waals surface area contributed by atoms with Crippen molar-refractivity contribution in [3.8, 4) is 28.3 Å². The van der Waals surface area contributed by atoms with Gasteiger partial charge >= 0.3 is 5.69 Å². The van der Waals surface area contributed by atoms with Crippen molar-refractivity contribution in [3.63, 3.8) is 0 Å². The molecule has 11 nitrogen and oxygen atoms in total. The molecule has 3 N–H and O–H groups in total. The van der Waals surface area contributed by atoms with Gasteiger partial charge in [-0.25, -0.2) is 14.2 Å². The molecule has 3 heterocycles. The van der Waals surface area contributed by atoms with Gasteiger partial charge in [0.15, 0.2) is 0 Å². The molecule has 1 aliphatic carbocycles. The fourth-order valence-electron chi connectivity index (χ4n) is 6.17. The van der Waals surface area contributed by atoms with E-state index in [0.29, 0.717) is 30.2 Å². The van der Waals surface area contributed by atoms with Gasteiger partial charge in [0.1, 0.15) is 11.4 Å². The van der Waals surface area contributed by atoms with Crippen LogP contribution in [0.5, 0.6) is 5.88 Å². The summed E-state index contributed by atoms with van der Waals surface area (Å²) < 4.78 is 29.3. The van der Waals surface area contributed by atoms with Gasteiger partial charge < -0.3 is 29.8 Å². The number of nitrogens with one attached hydrogen (secondary N) is 2. The van der Waals surface area contributed by atoms with Gasteiger partial charge in [-0.2, -0.15) is 0 Å². The normalized spacial score (nSPS) is 19.1. The summed E-state index contributed by atoms with van der Waals surface area (Å²) >= 11 is 6.72. The first-order valence-corrected chi connectivity index (χ1v) is 15.2. The molecule has 3 unspecified atom stereocenters. The van der Waals surface area contributed by atoms with E-state index < -0.39 is 29.1 Å². The van der Waals surface area contributed by atoms with E-state index >= 15 is 4.39 Å². The van der Waals surface area contributed by atoms with Gasteiger partial charge in [-0.05, 0) is 43.0 Å². The highest BCUT2D eigenvalue weighted by atomic mass is 35.5. The molecule has 2 aliphatic rings. The highest BCUT2D eigenvalue weighted by molar-refractivity contribution is 6.36. The van der Waals surface area contributed by atoms with Gasteiger partial charge in [0.25, 0.3) is 11.5 Å². The zero-order valence-electron chi connectivity index (χ0n) is 25.5. The van der Waals surface area contributed by atoms with Crippen molar-refractivity contribution in [2.75, 3.05) is 25.6 Å². The predicted octanol–water partition coefficient (Wildman–Crippen LogP) is 3.59. The van der Waals surface area contributed by atoms with Crippen LogP contribution in [0.1, 0.15) is 40.4 Å². The number of aromatic nitrogens is 3. The zero-order valence-corrected chi connectivity index (χ0v) is 26.2. The van der Waals surface area contributed by atoms with Crippen LogP contribution in [0.3, 0.4) is 0 Å². The van der Waals surface area contributed by atoms with Crippen molar-refractivity contribution >= 4 is 23.2 Å². The quantitative estimate of drug-likeness (QED) is 0.276. The van der Waals surface area contributed by atoms with Crippen LogP contribution in [-0.4, -0.2) is 57.6 Å². The number of aryl methyl sites for hydroxylation is 2. The topological polar surface area (TPSA) is 137 Å². The van der Waals surface area contributed by atoms with Gasteiger partial charge in [-0.3, -0.25) is 14.2 Å². The number of amides is 1. The van der Waals surface area contributed by atoms with E-state index in [1.165, 1.54) is 27.3 Å². The Kier molecular flexibility index (Phi) is 8.80. The number of hydrogen-bond acceptors (Lipinski definition) is 8. The largest absolute Gasteiger partial charge is 0.481 e. The van der Waals surface area contributed by atoms with E-state index in [1.807, 2.05) is 6.07 Å². The second-order valence-corrected chi connectivity index (χ2v) is 11.9. The van der Waals surface area contributed by atoms with Crippen molar-refractivity contribution in [1.29, 1.82) is 0 Å². The second kappa shape index (κ2) is 12.8. The summed E-state index contributed by atoms with van der Waals surface area (Å²) in [7, 11) is 4.24. The fourth-order valence-corrected chi connectivity index (χ4v) is 6.44. The third-order valence-electron chi connectivity index (χ3n) is 8.60. The smallest absolute Gasteiger partial charge is 0.330 e. The number of methoxy groups -OCH3 is 1. The Bertz CT molecular complexity index is 1960. The Morgan fingerprint density at radius 2 is 1.87 bits per heavy atom. The molecule has 4 aromatic rings. The molecule has 3 atom stereocenters. The van der Waals surface area contributed by atoms with Crippen molar-refractivity contribution in [1.82, 2.24) is 19.4 Å². The number of fused-ring (bicyclic) bond motifs is 1. The van der Waals surface area contributed by atoms with Gasteiger partial charge in [0, 0.05) is 61.2 Å². The number of ether oxygens (including phenoxy) is 2. The number of rotatable bonds is 7. The summed E-state index contributed by atoms with van der Waals surface area (Å²) in [4.78, 5) is 42.4. The average molecular weight is 650 g/mol. The highest BCUT2D eigenvalue weighted by Gasteiger charge is 2.33. The van der Waals surface area contributed by atoms with E-state index in [-0.39, 0.29) is 46.1 Å². The van der Waals surface area contributed by atoms with Gasteiger partial charge in [-0.15, -0.1) is 0 Å². The minimum atomic E-state index is -0.766. The number of halogens is 2. The number of benzene rings is 2. The summed E-state index contributed by atoms with van der Waals surface area (Å²) in [6.07, 6.45) is 2.75. The minimum Gasteiger partial charge on any atom is -0.481 e. The van der Waals surface area contributed by atoms with Gasteiger partial charge in [0.05, 0.1) is 36.2 Å². The van der Waals surface area contributed by atoms with Crippen LogP contribution in [0, 0.1) is 5.82 Å². The molecule has 2 aromatic heterocycles. The Labute approximate surface area is 268 Å². The third-order valence-corrected chi connectivity index (χ3v) is 9.01. The fraction of sp³-hybridized carbons (Fsp3) is 0.333. The number of aliphatic hydroxyl groups is 1. The number of hydrogen-bond donors (Lipinski definition) is 3. The molecule has 1 fully saturated rings. The zero-order chi connectivity index (χ0) is 32.7. The maximum Gasteiger partial charge on any atom is 0.330 e. The first kappa shape index (κ1) is 31.6. The molecule has 0 saturated carbocycles. The number of pyridine rings is 1. The van der Waals surface area contributed by atoms with E-state index in [2.05, 4.69) is 10.6 Å². The first-order chi connectivity index (χ1) is 22.1. The summed E-state index contributed by atoms with van der Waals surface area (Å²) in [5.41, 5.74) is 1.62. The Balaban J connectivity index is 1.31. The number of carbonyl (C=O) groups is 1. The highest BCUT2D eigenvalue weighted by Crippen LogP contribution is 2.42. The van der Waals surface area contributed by atoms with E-state index in [4.69, 9.17) is 26.1 Å². The molecule has 0 bridgehead atoms. The van der Waals surface area contributed by atoms with Crippen LogP contribution < -0.4 is 26.6 Å². The lowest BCUT2D eigenvalue weighted by Gasteiger charge is -2.31. The van der Waals surface area contributed by atoms with Crippen LogP contribution in [0.25, 0.3) is 22.4 Å². The summed E-state index contributed by atoms with van der Waals surface area (Å²) in [6.45, 7) is 0.863. The maximum absolute atomic E-state index is 16.3. The number of anilines is 1. The number of carbonyl (C=O) groups excluding carboxylic acids is 1. The molecule has 2 aromatic carbocycles. The predicted molar refractivity (Wildman–Crippen MR) is 171 cm³/mol. The third kappa shape index (κ3) is 5.73. The van der Waals surface area contributed by atoms with E-state index in [9.17, 15) is 19.5 Å². The first-order valence-electron chi connectivity index (χ1n) is 14.8. The molecular weight excluding hydrogens is 617 g/mol. The molecule has 1 saturated heterocycles. The molecule has 13 heteroatoms. The molecular formula is C33H33ClFN5O6. The molecule has 0 spiro atoms. The van der Waals surface area contributed by atoms with Crippen LogP contribution in [0.15, 0.2) is 58.3 Å². The second-order valence-electron chi connectivity index (χ2n) is 11.5. The van der Waals surface area contributed by atoms with Crippen molar-refractivity contribution < 1.29 is 23.8 Å². The lowest BCUT2D eigenvalue weighted by Crippen LogP contribution is -2.47. The molecule has 1 amide bonds. The molecule has 0 radical (unpaired) electrons. The lowest BCUT2D eigenvalue weighted by molar-refractivity contribution is -0.0304. The molecule has 6 rings (SSSR count). The monoisotopic (exact) mass is 649 g/mol. The van der Waals surface area contributed by atoms with E-state index in [1.54, 1.807) is 30.3 Å². The van der Waals surface area contributed by atoms with Crippen LogP contribution in [-0.2, 0) is 25.3 Å². The Morgan fingerprint density at radius 3 is 2.63 bits per heavy atom. The number of aliphatic hydroxyl groups excluding tert-OH is 1. The molecule has 46 heavy (non-hydrogen) atoms. The lowest BCUT2D eigenvalue weighted by atomic mass is 9.98. The van der Waals surface area contributed by atoms with E-state index in [0.717, 1.165) is 39.3 Å². The Hall–Kier alpha value is -4.36. The maximum atomic E-state index is 16.3. The summed E-state index contributed by atoms with van der Waals surface area (Å²) in [5, 5.41) is 16.6. The van der Waals surface area contributed by atoms with Gasteiger partial charge in [0.2, 0.25) is 5.88 Å². The SMILES string of the molecule is COc1nc(-c2cccc(-c3cccc(NC(=O)c4cn(C)c(=O)n(C)c4=O)c3Cl)c2F)cc2c1C(NC1CCOCC1O)CC2. The van der Waals surface area contributed by atoms with Gasteiger partial charge in [-0.1, -0.05) is 35.9 Å². The van der Waals surface area contributed by atoms with Crippen LogP contribution in [0.2, 0.25) is 5.02 Å². The van der Waals surface area contributed by atoms with Crippen molar-refractivity contribution in [2.45, 2.75) is 37.5 Å². The van der Waals surface area contributed by atoms with Crippen molar-refractivity contribution in [3.05, 3.63) is 97.0 Å². The standard InChI is InChI=1S/C33H33ClFN5O6/c1-39-15-21(32(43)40(2)33(39)44)30(42)37-24-9-5-6-18(28(24)34)19-7-4-8-20(29(19)35)25-14-17-10-11-23(27(17)31(38-25)45-3)36-22-12-13-46-16-26(22)41/h4-9,14-15,22-23,26,36,41H,10-13,16H2,1-3H3,(H,37,42). The Morgan fingerprint density at radius 1 is 1.13 bits per heavy atom.